The third kappa shape index (κ3) is 3.39. The number of anilines is 2. The summed E-state index contributed by atoms with van der Waals surface area (Å²) in [6.45, 7) is 6.83. The van der Waals surface area contributed by atoms with Gasteiger partial charge in [-0.15, -0.1) is 0 Å². The fourth-order valence-electron chi connectivity index (χ4n) is 3.20. The molecule has 112 valence electrons. The number of nitrogens with two attached hydrogens (primary N) is 1. The van der Waals surface area contributed by atoms with E-state index in [1.807, 2.05) is 0 Å². The molecule has 5 heteroatoms. The van der Waals surface area contributed by atoms with Crippen molar-refractivity contribution >= 4 is 11.6 Å². The Labute approximate surface area is 121 Å². The minimum atomic E-state index is 0.502. The lowest BCUT2D eigenvalue weighted by atomic mass is 9.80. The Bertz CT molecular complexity index is 434. The fourth-order valence-corrected chi connectivity index (χ4v) is 3.20. The van der Waals surface area contributed by atoms with E-state index in [2.05, 4.69) is 41.5 Å². The summed E-state index contributed by atoms with van der Waals surface area (Å²) in [5.41, 5.74) is 3.79. The maximum Gasteiger partial charge on any atom is 0.148 e. The average Bonchev–Trinajstić information content (AvgIpc) is 2.43. The highest BCUT2D eigenvalue weighted by Gasteiger charge is 2.26. The van der Waals surface area contributed by atoms with Gasteiger partial charge in [0, 0.05) is 11.6 Å². The molecule has 0 radical (unpaired) electrons. The third-order valence-electron chi connectivity index (χ3n) is 4.34. The highest BCUT2D eigenvalue weighted by molar-refractivity contribution is 5.57. The summed E-state index contributed by atoms with van der Waals surface area (Å²) < 4.78 is 0. The zero-order chi connectivity index (χ0) is 14.5. The molecule has 1 aromatic rings. The van der Waals surface area contributed by atoms with Crippen LogP contribution < -0.4 is 16.6 Å². The maximum atomic E-state index is 5.56. The van der Waals surface area contributed by atoms with Crippen LogP contribution in [0.5, 0.6) is 0 Å². The van der Waals surface area contributed by atoms with E-state index in [-0.39, 0.29) is 0 Å². The first-order chi connectivity index (χ1) is 9.65. The van der Waals surface area contributed by atoms with Gasteiger partial charge in [-0.1, -0.05) is 27.2 Å². The average molecular weight is 277 g/mol. The first-order valence-corrected chi connectivity index (χ1v) is 7.72. The first kappa shape index (κ1) is 15.0. The molecule has 3 unspecified atom stereocenters. The maximum absolute atomic E-state index is 5.56. The van der Waals surface area contributed by atoms with Crippen molar-refractivity contribution in [1.29, 1.82) is 0 Å². The van der Waals surface area contributed by atoms with E-state index in [0.717, 1.165) is 36.0 Å². The molecule has 0 bridgehead atoms. The van der Waals surface area contributed by atoms with Crippen LogP contribution in [0.2, 0.25) is 0 Å². The zero-order valence-electron chi connectivity index (χ0n) is 12.8. The smallest absolute Gasteiger partial charge is 0.148 e. The largest absolute Gasteiger partial charge is 0.367 e. The van der Waals surface area contributed by atoms with E-state index in [1.165, 1.54) is 19.3 Å². The molecule has 1 saturated carbocycles. The van der Waals surface area contributed by atoms with Crippen molar-refractivity contribution in [2.45, 2.75) is 58.9 Å². The molecule has 1 fully saturated rings. The standard InChI is InChI=1S/C15H27N5/c1-4-5-12-14(17-9-18-15(12)20-16)19-13-7-6-10(2)8-11(13)3/h9-11,13H,4-8,16H2,1-3H3,(H2,17,18,19,20). The Morgan fingerprint density at radius 3 is 2.65 bits per heavy atom. The van der Waals surface area contributed by atoms with E-state index in [4.69, 9.17) is 5.84 Å². The molecule has 0 spiro atoms. The molecule has 1 aliphatic rings. The van der Waals surface area contributed by atoms with Crippen molar-refractivity contribution in [3.63, 3.8) is 0 Å². The van der Waals surface area contributed by atoms with Gasteiger partial charge in [-0.05, 0) is 37.5 Å². The Hall–Kier alpha value is -1.36. The van der Waals surface area contributed by atoms with Crippen molar-refractivity contribution in [2.75, 3.05) is 10.7 Å². The van der Waals surface area contributed by atoms with Gasteiger partial charge in [-0.25, -0.2) is 15.8 Å². The molecule has 20 heavy (non-hydrogen) atoms. The van der Waals surface area contributed by atoms with Gasteiger partial charge < -0.3 is 10.7 Å². The van der Waals surface area contributed by atoms with Crippen LogP contribution in [0.1, 0.15) is 52.0 Å². The lowest BCUT2D eigenvalue weighted by Crippen LogP contribution is -2.33. The van der Waals surface area contributed by atoms with Gasteiger partial charge in [0.25, 0.3) is 0 Å². The van der Waals surface area contributed by atoms with Crippen LogP contribution in [0.4, 0.5) is 11.6 Å². The third-order valence-corrected chi connectivity index (χ3v) is 4.34. The summed E-state index contributed by atoms with van der Waals surface area (Å²) in [7, 11) is 0. The topological polar surface area (TPSA) is 75.9 Å². The molecule has 4 N–H and O–H groups in total. The fraction of sp³-hybridized carbons (Fsp3) is 0.733. The number of hydrazine groups is 1. The lowest BCUT2D eigenvalue weighted by molar-refractivity contribution is 0.276. The molecular formula is C15H27N5. The molecule has 0 aromatic carbocycles. The van der Waals surface area contributed by atoms with Crippen LogP contribution >= 0.6 is 0 Å². The van der Waals surface area contributed by atoms with Crippen LogP contribution in [0, 0.1) is 11.8 Å². The summed E-state index contributed by atoms with van der Waals surface area (Å²) in [4.78, 5) is 8.65. The van der Waals surface area contributed by atoms with E-state index in [1.54, 1.807) is 6.33 Å². The number of aromatic nitrogens is 2. The SMILES string of the molecule is CCCc1c(NN)ncnc1NC1CCC(C)CC1C. The van der Waals surface area contributed by atoms with Crippen LogP contribution in [-0.2, 0) is 6.42 Å². The summed E-state index contributed by atoms with van der Waals surface area (Å²) in [6.07, 6.45) is 7.34. The zero-order valence-corrected chi connectivity index (χ0v) is 12.8. The number of hydrogen-bond donors (Lipinski definition) is 3. The number of nitrogen functional groups attached to an aromatic ring is 1. The first-order valence-electron chi connectivity index (χ1n) is 7.72. The van der Waals surface area contributed by atoms with Crippen molar-refractivity contribution in [1.82, 2.24) is 9.97 Å². The summed E-state index contributed by atoms with van der Waals surface area (Å²) in [5.74, 6) is 8.76. The van der Waals surface area contributed by atoms with Gasteiger partial charge in [-0.3, -0.25) is 0 Å². The van der Waals surface area contributed by atoms with E-state index in [9.17, 15) is 0 Å². The van der Waals surface area contributed by atoms with E-state index in [0.29, 0.717) is 12.0 Å². The number of nitrogens with zero attached hydrogens (tertiary/aromatic N) is 2. The van der Waals surface area contributed by atoms with Crippen LogP contribution in [0.25, 0.3) is 0 Å². The molecule has 1 aliphatic carbocycles. The highest BCUT2D eigenvalue weighted by Crippen LogP contribution is 2.32. The molecule has 0 amide bonds. The molecule has 2 rings (SSSR count). The molecule has 3 atom stereocenters. The number of hydrogen-bond acceptors (Lipinski definition) is 5. The molecule has 1 aromatic heterocycles. The highest BCUT2D eigenvalue weighted by atomic mass is 15.3. The van der Waals surface area contributed by atoms with E-state index >= 15 is 0 Å². The molecule has 0 aliphatic heterocycles. The monoisotopic (exact) mass is 277 g/mol. The van der Waals surface area contributed by atoms with Gasteiger partial charge in [-0.2, -0.15) is 0 Å². The second-order valence-corrected chi connectivity index (χ2v) is 6.09. The van der Waals surface area contributed by atoms with Gasteiger partial charge in [0.2, 0.25) is 0 Å². The molecule has 5 nitrogen and oxygen atoms in total. The van der Waals surface area contributed by atoms with Crippen LogP contribution in [0.15, 0.2) is 6.33 Å². The van der Waals surface area contributed by atoms with Gasteiger partial charge in [0.15, 0.2) is 0 Å². The summed E-state index contributed by atoms with van der Waals surface area (Å²) >= 11 is 0. The second kappa shape index (κ2) is 6.88. The predicted molar refractivity (Wildman–Crippen MR) is 83.4 cm³/mol. The van der Waals surface area contributed by atoms with Gasteiger partial charge >= 0.3 is 0 Å². The van der Waals surface area contributed by atoms with Crippen molar-refractivity contribution < 1.29 is 0 Å². The van der Waals surface area contributed by atoms with Crippen molar-refractivity contribution in [2.24, 2.45) is 17.7 Å². The van der Waals surface area contributed by atoms with Gasteiger partial charge in [0.05, 0.1) is 0 Å². The van der Waals surface area contributed by atoms with Crippen LogP contribution in [0.3, 0.4) is 0 Å². The summed E-state index contributed by atoms with van der Waals surface area (Å²) in [5, 5.41) is 3.63. The lowest BCUT2D eigenvalue weighted by Gasteiger charge is -2.34. The minimum absolute atomic E-state index is 0.502. The minimum Gasteiger partial charge on any atom is -0.367 e. The number of nitrogens with one attached hydrogen (secondary N) is 2. The number of rotatable bonds is 5. The van der Waals surface area contributed by atoms with E-state index < -0.39 is 0 Å². The Morgan fingerprint density at radius 2 is 2.00 bits per heavy atom. The predicted octanol–water partition coefficient (Wildman–Crippen LogP) is 2.95. The normalized spacial score (nSPS) is 26.3. The Morgan fingerprint density at radius 1 is 1.25 bits per heavy atom. The van der Waals surface area contributed by atoms with Gasteiger partial charge in [0.1, 0.15) is 18.0 Å². The Balaban J connectivity index is 2.16. The van der Waals surface area contributed by atoms with Crippen molar-refractivity contribution in [3.8, 4) is 0 Å². The molecular weight excluding hydrogens is 250 g/mol. The van der Waals surface area contributed by atoms with Crippen LogP contribution in [-0.4, -0.2) is 16.0 Å². The molecule has 1 heterocycles. The Kier molecular flexibility index (Phi) is 5.17. The molecule has 0 saturated heterocycles. The summed E-state index contributed by atoms with van der Waals surface area (Å²) in [6, 6.07) is 0.502. The second-order valence-electron chi connectivity index (χ2n) is 6.09. The quantitative estimate of drug-likeness (QED) is 0.570. The van der Waals surface area contributed by atoms with Crippen molar-refractivity contribution in [3.05, 3.63) is 11.9 Å².